The summed E-state index contributed by atoms with van der Waals surface area (Å²) < 4.78 is 7.59. The molecule has 1 saturated carbocycles. The van der Waals surface area contributed by atoms with Gasteiger partial charge in [-0.1, -0.05) is 31.4 Å². The number of amides is 1. The van der Waals surface area contributed by atoms with Crippen LogP contribution < -0.4 is 5.32 Å². The van der Waals surface area contributed by atoms with Gasteiger partial charge in [-0.15, -0.1) is 5.69 Å². The Hall–Kier alpha value is -3.84. The first-order valence-corrected chi connectivity index (χ1v) is 12.9. The van der Waals surface area contributed by atoms with Crippen LogP contribution in [0.1, 0.15) is 54.1 Å². The Morgan fingerprint density at radius 1 is 1.15 bits per heavy atom. The van der Waals surface area contributed by atoms with Crippen molar-refractivity contribution in [2.75, 3.05) is 0 Å². The maximum absolute atomic E-state index is 13.2. The Morgan fingerprint density at radius 2 is 1.97 bits per heavy atom. The van der Waals surface area contributed by atoms with Crippen molar-refractivity contribution in [2.24, 2.45) is 0 Å². The van der Waals surface area contributed by atoms with E-state index >= 15 is 0 Å². The second-order valence-corrected chi connectivity index (χ2v) is 9.96. The molecule has 0 spiro atoms. The average molecular weight is 694 g/mol. The second kappa shape index (κ2) is 11.1. The topological polar surface area (TPSA) is 137 Å². The number of nitrogens with zero attached hydrogens (tertiary/aromatic N) is 2. The van der Waals surface area contributed by atoms with Gasteiger partial charge in [0, 0.05) is 35.1 Å². The van der Waals surface area contributed by atoms with Gasteiger partial charge in [-0.05, 0) is 48.7 Å². The van der Waals surface area contributed by atoms with E-state index < -0.39 is 17.9 Å². The molecule has 1 atom stereocenters. The van der Waals surface area contributed by atoms with Crippen LogP contribution in [0.5, 0.6) is 0 Å². The number of carboxylic acids is 1. The predicted octanol–water partition coefficient (Wildman–Crippen LogP) is 6.39. The molecule has 6 rings (SSSR count). The largest absolute Gasteiger partial charge is 2.00 e. The van der Waals surface area contributed by atoms with Crippen LogP contribution >= 0.6 is 0 Å². The summed E-state index contributed by atoms with van der Waals surface area (Å²) in [5, 5.41) is 13.3. The minimum absolute atomic E-state index is 0. The standard InChI is InChI=1S/C29H28N5O4.W/c30-20-7-8-23-22(14-20)19(15-31-23)13-25(29(36)37)33-28(35)17-6-9-26-24(12-17)32-27(18-10-11-38-16-18)34(26)21-4-2-1-3-5-21;/h6-12,14-16,21,25,30-31H,1-5,13H2,(H,33,35)(H,36,37);/q-1;+2. The number of H-pyrrole nitrogens is 1. The Labute approximate surface area is 239 Å². The van der Waals surface area contributed by atoms with E-state index in [9.17, 15) is 14.7 Å². The van der Waals surface area contributed by atoms with E-state index in [0.717, 1.165) is 46.2 Å². The third-order valence-electron chi connectivity index (χ3n) is 7.47. The van der Waals surface area contributed by atoms with Crippen molar-refractivity contribution in [2.45, 2.75) is 50.6 Å². The van der Waals surface area contributed by atoms with Crippen LogP contribution in [0, 0.1) is 0 Å². The molecular formula is C29H28N5O4W+. The number of hydrogen-bond acceptors (Lipinski definition) is 4. The smallest absolute Gasteiger partial charge is 0.699 e. The first-order valence-electron chi connectivity index (χ1n) is 12.9. The van der Waals surface area contributed by atoms with Gasteiger partial charge in [0.2, 0.25) is 0 Å². The molecule has 5 aromatic rings. The van der Waals surface area contributed by atoms with Crippen molar-refractivity contribution in [3.63, 3.8) is 0 Å². The summed E-state index contributed by atoms with van der Waals surface area (Å²) in [6.07, 6.45) is 10.9. The molecule has 9 nitrogen and oxygen atoms in total. The zero-order valence-electron chi connectivity index (χ0n) is 21.1. The molecule has 1 unspecified atom stereocenters. The van der Waals surface area contributed by atoms with E-state index in [1.165, 1.54) is 19.3 Å². The second-order valence-electron chi connectivity index (χ2n) is 9.96. The van der Waals surface area contributed by atoms with Gasteiger partial charge in [0.25, 0.3) is 5.91 Å². The van der Waals surface area contributed by atoms with Crippen molar-refractivity contribution in [1.29, 1.82) is 0 Å². The molecule has 39 heavy (non-hydrogen) atoms. The summed E-state index contributed by atoms with van der Waals surface area (Å²) >= 11 is 0. The van der Waals surface area contributed by atoms with Gasteiger partial charge in [0.1, 0.15) is 18.1 Å². The van der Waals surface area contributed by atoms with Crippen molar-refractivity contribution in [3.8, 4) is 11.4 Å². The number of nitrogens with one attached hydrogen (secondary N) is 3. The molecule has 10 heteroatoms. The maximum Gasteiger partial charge on any atom is 2.00 e. The van der Waals surface area contributed by atoms with Crippen LogP contribution in [0.4, 0.5) is 5.69 Å². The van der Waals surface area contributed by atoms with Gasteiger partial charge < -0.3 is 30.1 Å². The molecule has 2 aromatic carbocycles. The number of benzene rings is 2. The van der Waals surface area contributed by atoms with E-state index in [1.807, 2.05) is 12.1 Å². The van der Waals surface area contributed by atoms with E-state index in [2.05, 4.69) is 14.9 Å². The molecule has 4 N–H and O–H groups in total. The summed E-state index contributed by atoms with van der Waals surface area (Å²) in [4.78, 5) is 33.3. The van der Waals surface area contributed by atoms with Crippen molar-refractivity contribution in [1.82, 2.24) is 19.9 Å². The molecule has 1 fully saturated rings. The van der Waals surface area contributed by atoms with Crippen LogP contribution in [-0.4, -0.2) is 37.6 Å². The molecule has 198 valence electrons. The molecule has 0 saturated heterocycles. The predicted molar refractivity (Wildman–Crippen MR) is 144 cm³/mol. The molecule has 1 aliphatic carbocycles. The number of aliphatic carboxylic acids is 1. The number of carboxylic acid groups (broad SMARTS) is 1. The average Bonchev–Trinajstić information content (AvgIpc) is 3.67. The number of furan rings is 1. The van der Waals surface area contributed by atoms with Gasteiger partial charge in [0.05, 0.1) is 22.9 Å². The number of aromatic nitrogens is 3. The van der Waals surface area contributed by atoms with Gasteiger partial charge in [0.15, 0.2) is 0 Å². The summed E-state index contributed by atoms with van der Waals surface area (Å²) in [5.74, 6) is -0.785. The minimum Gasteiger partial charge on any atom is -0.699 e. The molecular weight excluding hydrogens is 666 g/mol. The fraction of sp³-hybridized carbons (Fsp3) is 0.276. The van der Waals surface area contributed by atoms with Crippen LogP contribution in [0.2, 0.25) is 0 Å². The van der Waals surface area contributed by atoms with Gasteiger partial charge in [-0.2, -0.15) is 0 Å². The molecule has 0 aliphatic heterocycles. The molecule has 1 amide bonds. The van der Waals surface area contributed by atoms with E-state index in [1.54, 1.807) is 49.1 Å². The number of hydrogen-bond donors (Lipinski definition) is 3. The van der Waals surface area contributed by atoms with Crippen LogP contribution in [0.3, 0.4) is 0 Å². The fourth-order valence-electron chi connectivity index (χ4n) is 5.55. The first-order chi connectivity index (χ1) is 18.5. The van der Waals surface area contributed by atoms with Crippen molar-refractivity contribution >= 4 is 39.5 Å². The van der Waals surface area contributed by atoms with Gasteiger partial charge in [-0.3, -0.25) is 4.79 Å². The fourth-order valence-corrected chi connectivity index (χ4v) is 5.55. The molecule has 3 aromatic heterocycles. The normalized spacial score (nSPS) is 14.8. The van der Waals surface area contributed by atoms with Crippen molar-refractivity contribution in [3.05, 3.63) is 78.0 Å². The van der Waals surface area contributed by atoms with Crippen LogP contribution in [0.15, 0.2) is 65.6 Å². The monoisotopic (exact) mass is 694 g/mol. The van der Waals surface area contributed by atoms with E-state index in [4.69, 9.17) is 15.1 Å². The third-order valence-corrected chi connectivity index (χ3v) is 7.47. The van der Waals surface area contributed by atoms with Crippen molar-refractivity contribution < 1.29 is 40.2 Å². The SMILES string of the molecule is [NH-]c1ccc2[nH]cc(CC(NC(=O)c3ccc4c(c3)nc(-c3ccoc3)n4C3CCCCC3)C(=O)O)c2c1.[W+2]. The number of aromatic amines is 1. The summed E-state index contributed by atoms with van der Waals surface area (Å²) in [6.45, 7) is 0. The first kappa shape index (κ1) is 26.8. The quantitative estimate of drug-likeness (QED) is 0.182. The van der Waals surface area contributed by atoms with E-state index in [-0.39, 0.29) is 27.5 Å². The zero-order chi connectivity index (χ0) is 26.2. The number of carbonyl (C=O) groups is 2. The Balaban J connectivity index is 0.00000308. The van der Waals surface area contributed by atoms with Crippen LogP contribution in [0.25, 0.3) is 39.1 Å². The van der Waals surface area contributed by atoms with Crippen LogP contribution in [-0.2, 0) is 32.3 Å². The minimum atomic E-state index is -1.13. The number of imidazole rings is 1. The van der Waals surface area contributed by atoms with E-state index in [0.29, 0.717) is 22.8 Å². The molecule has 0 radical (unpaired) electrons. The number of carbonyl (C=O) groups excluding carboxylic acids is 1. The summed E-state index contributed by atoms with van der Waals surface area (Å²) in [7, 11) is 0. The number of rotatable bonds is 7. The number of fused-ring (bicyclic) bond motifs is 2. The summed E-state index contributed by atoms with van der Waals surface area (Å²) in [6, 6.07) is 11.6. The Bertz CT molecular complexity index is 1630. The maximum atomic E-state index is 13.2. The summed E-state index contributed by atoms with van der Waals surface area (Å²) in [5.41, 5.74) is 12.6. The third kappa shape index (κ3) is 5.23. The Kier molecular flexibility index (Phi) is 7.62. The zero-order valence-corrected chi connectivity index (χ0v) is 24.1. The van der Waals surface area contributed by atoms with Gasteiger partial charge >= 0.3 is 27.0 Å². The van der Waals surface area contributed by atoms with Gasteiger partial charge in [-0.25, -0.2) is 9.78 Å². The Morgan fingerprint density at radius 3 is 2.72 bits per heavy atom. The molecule has 0 bridgehead atoms. The molecule has 1 aliphatic rings. The molecule has 3 heterocycles.